The minimum absolute atomic E-state index is 0.507. The summed E-state index contributed by atoms with van der Waals surface area (Å²) in [6.45, 7) is 3.18. The lowest BCUT2D eigenvalue weighted by molar-refractivity contribution is -0.0498. The summed E-state index contributed by atoms with van der Waals surface area (Å²) in [6.07, 6.45) is 3.37. The first-order valence-corrected chi connectivity index (χ1v) is 5.83. The Bertz CT molecular complexity index is 229. The Morgan fingerprint density at radius 2 is 2.07 bits per heavy atom. The van der Waals surface area contributed by atoms with Gasteiger partial charge < -0.3 is 20.5 Å². The second-order valence-electron chi connectivity index (χ2n) is 5.15. The van der Waals surface area contributed by atoms with Crippen LogP contribution < -0.4 is 5.73 Å². The molecule has 2 unspecified atom stereocenters. The number of ether oxygens (including phenoxy) is 1. The number of likely N-dealkylation sites (tertiary alicyclic amines) is 1. The number of rotatable bonds is 1. The summed E-state index contributed by atoms with van der Waals surface area (Å²) in [5, 5.41) is 10.7. The molecule has 0 aromatic heterocycles. The van der Waals surface area contributed by atoms with E-state index in [-0.39, 0.29) is 0 Å². The molecule has 4 heteroatoms. The number of nitrogens with two attached hydrogens (primary N) is 1. The van der Waals surface area contributed by atoms with E-state index in [0.717, 1.165) is 38.8 Å². The largest absolute Gasteiger partial charge is 0.388 e. The fourth-order valence-electron chi connectivity index (χ4n) is 2.70. The SMILES string of the molecule is CN1CCCC(O)(C2(N)CCOC2)CC1. The molecule has 0 aromatic carbocycles. The quantitative estimate of drug-likeness (QED) is 0.642. The number of hydrogen-bond acceptors (Lipinski definition) is 4. The molecule has 15 heavy (non-hydrogen) atoms. The van der Waals surface area contributed by atoms with Crippen LogP contribution in [-0.4, -0.2) is 54.5 Å². The maximum Gasteiger partial charge on any atom is 0.0862 e. The van der Waals surface area contributed by atoms with Crippen molar-refractivity contribution in [1.82, 2.24) is 4.90 Å². The monoisotopic (exact) mass is 214 g/mol. The molecule has 4 nitrogen and oxygen atoms in total. The van der Waals surface area contributed by atoms with Gasteiger partial charge in [0.15, 0.2) is 0 Å². The topological polar surface area (TPSA) is 58.7 Å². The van der Waals surface area contributed by atoms with Gasteiger partial charge in [0.05, 0.1) is 17.7 Å². The fraction of sp³-hybridized carbons (Fsp3) is 1.00. The molecule has 2 rings (SSSR count). The van der Waals surface area contributed by atoms with Crippen molar-refractivity contribution in [3.63, 3.8) is 0 Å². The van der Waals surface area contributed by atoms with Crippen molar-refractivity contribution in [2.75, 3.05) is 33.4 Å². The van der Waals surface area contributed by atoms with Crippen LogP contribution in [-0.2, 0) is 4.74 Å². The van der Waals surface area contributed by atoms with Crippen LogP contribution in [0.3, 0.4) is 0 Å². The lowest BCUT2D eigenvalue weighted by Crippen LogP contribution is -2.61. The van der Waals surface area contributed by atoms with E-state index in [2.05, 4.69) is 11.9 Å². The molecule has 0 radical (unpaired) electrons. The molecule has 2 atom stereocenters. The molecular formula is C11H22N2O2. The van der Waals surface area contributed by atoms with Crippen LogP contribution in [0.15, 0.2) is 0 Å². The molecule has 0 bridgehead atoms. The van der Waals surface area contributed by atoms with Gasteiger partial charge in [-0.05, 0) is 39.3 Å². The van der Waals surface area contributed by atoms with Crippen LogP contribution in [0, 0.1) is 0 Å². The summed E-state index contributed by atoms with van der Waals surface area (Å²) in [7, 11) is 2.10. The highest BCUT2D eigenvalue weighted by Crippen LogP contribution is 2.36. The number of nitrogens with zero attached hydrogens (tertiary/aromatic N) is 1. The number of aliphatic hydroxyl groups is 1. The summed E-state index contributed by atoms with van der Waals surface area (Å²) in [5.74, 6) is 0. The summed E-state index contributed by atoms with van der Waals surface area (Å²) in [5.41, 5.74) is 5.05. The first kappa shape index (κ1) is 11.3. The van der Waals surface area contributed by atoms with Crippen molar-refractivity contribution in [1.29, 1.82) is 0 Å². The van der Waals surface area contributed by atoms with Crippen LogP contribution in [0.1, 0.15) is 25.7 Å². The highest BCUT2D eigenvalue weighted by molar-refractivity contribution is 5.06. The Morgan fingerprint density at radius 1 is 1.27 bits per heavy atom. The van der Waals surface area contributed by atoms with Crippen LogP contribution in [0.5, 0.6) is 0 Å². The Balaban J connectivity index is 2.10. The van der Waals surface area contributed by atoms with Gasteiger partial charge in [-0.3, -0.25) is 0 Å². The Hall–Kier alpha value is -0.160. The molecule has 2 saturated heterocycles. The zero-order valence-electron chi connectivity index (χ0n) is 9.54. The van der Waals surface area contributed by atoms with Gasteiger partial charge in [0.25, 0.3) is 0 Å². The fourth-order valence-corrected chi connectivity index (χ4v) is 2.70. The zero-order chi connectivity index (χ0) is 10.9. The van der Waals surface area contributed by atoms with Gasteiger partial charge in [-0.25, -0.2) is 0 Å². The van der Waals surface area contributed by atoms with Crippen LogP contribution in [0.4, 0.5) is 0 Å². The van der Waals surface area contributed by atoms with Gasteiger partial charge >= 0.3 is 0 Å². The smallest absolute Gasteiger partial charge is 0.0862 e. The Labute approximate surface area is 91.4 Å². The van der Waals surface area contributed by atoms with E-state index < -0.39 is 11.1 Å². The van der Waals surface area contributed by atoms with E-state index in [1.165, 1.54) is 0 Å². The van der Waals surface area contributed by atoms with Gasteiger partial charge in [0.2, 0.25) is 0 Å². The van der Waals surface area contributed by atoms with Crippen molar-refractivity contribution in [2.45, 2.75) is 36.8 Å². The van der Waals surface area contributed by atoms with E-state index in [4.69, 9.17) is 10.5 Å². The average molecular weight is 214 g/mol. The van der Waals surface area contributed by atoms with Gasteiger partial charge in [-0.15, -0.1) is 0 Å². The molecule has 0 amide bonds. The molecule has 0 spiro atoms. The second kappa shape index (κ2) is 4.01. The second-order valence-corrected chi connectivity index (χ2v) is 5.15. The first-order chi connectivity index (χ1) is 7.06. The van der Waals surface area contributed by atoms with E-state index in [1.54, 1.807) is 0 Å². The molecule has 2 aliphatic heterocycles. The molecule has 0 aromatic rings. The molecular weight excluding hydrogens is 192 g/mol. The Kier molecular flexibility index (Phi) is 3.03. The Morgan fingerprint density at radius 3 is 2.73 bits per heavy atom. The van der Waals surface area contributed by atoms with Crippen LogP contribution >= 0.6 is 0 Å². The van der Waals surface area contributed by atoms with E-state index in [0.29, 0.717) is 13.2 Å². The predicted molar refractivity (Wildman–Crippen MR) is 58.7 cm³/mol. The first-order valence-electron chi connectivity index (χ1n) is 5.83. The van der Waals surface area contributed by atoms with Crippen molar-refractivity contribution in [3.8, 4) is 0 Å². The third-order valence-electron chi connectivity index (χ3n) is 4.02. The van der Waals surface area contributed by atoms with E-state index >= 15 is 0 Å². The maximum atomic E-state index is 10.7. The summed E-state index contributed by atoms with van der Waals surface area (Å²) >= 11 is 0. The average Bonchev–Trinajstić information content (AvgIpc) is 2.56. The van der Waals surface area contributed by atoms with E-state index in [1.807, 2.05) is 0 Å². The van der Waals surface area contributed by atoms with Crippen molar-refractivity contribution >= 4 is 0 Å². The van der Waals surface area contributed by atoms with Gasteiger partial charge in [-0.2, -0.15) is 0 Å². The molecule has 2 heterocycles. The van der Waals surface area contributed by atoms with E-state index in [9.17, 15) is 5.11 Å². The maximum absolute atomic E-state index is 10.7. The minimum atomic E-state index is -0.728. The zero-order valence-corrected chi connectivity index (χ0v) is 9.54. The van der Waals surface area contributed by atoms with Crippen LogP contribution in [0.25, 0.3) is 0 Å². The third kappa shape index (κ3) is 2.04. The lowest BCUT2D eigenvalue weighted by Gasteiger charge is -2.41. The lowest BCUT2D eigenvalue weighted by atomic mass is 9.75. The van der Waals surface area contributed by atoms with Gasteiger partial charge in [-0.1, -0.05) is 0 Å². The third-order valence-corrected chi connectivity index (χ3v) is 4.02. The molecule has 88 valence electrons. The molecule has 2 fully saturated rings. The normalized spacial score (nSPS) is 44.2. The van der Waals surface area contributed by atoms with Crippen molar-refractivity contribution < 1.29 is 9.84 Å². The molecule has 3 N–H and O–H groups in total. The standard InChI is InChI=1S/C11H22N2O2/c1-13-6-2-3-11(14,4-7-13)10(12)5-8-15-9-10/h14H,2-9,12H2,1H3. The highest BCUT2D eigenvalue weighted by atomic mass is 16.5. The minimum Gasteiger partial charge on any atom is -0.388 e. The van der Waals surface area contributed by atoms with Gasteiger partial charge in [0.1, 0.15) is 0 Å². The van der Waals surface area contributed by atoms with Crippen LogP contribution in [0.2, 0.25) is 0 Å². The van der Waals surface area contributed by atoms with Gasteiger partial charge in [0, 0.05) is 13.2 Å². The molecule has 0 saturated carbocycles. The number of hydrogen-bond donors (Lipinski definition) is 2. The molecule has 0 aliphatic carbocycles. The van der Waals surface area contributed by atoms with Crippen molar-refractivity contribution in [2.24, 2.45) is 5.73 Å². The van der Waals surface area contributed by atoms with Crippen molar-refractivity contribution in [3.05, 3.63) is 0 Å². The highest BCUT2D eigenvalue weighted by Gasteiger charge is 2.49. The summed E-state index contributed by atoms with van der Waals surface area (Å²) in [6, 6.07) is 0. The summed E-state index contributed by atoms with van der Waals surface area (Å²) < 4.78 is 5.35. The summed E-state index contributed by atoms with van der Waals surface area (Å²) in [4.78, 5) is 2.26. The molecule has 2 aliphatic rings. The predicted octanol–water partition coefficient (Wildman–Crippen LogP) is -0.0490.